The molecule has 0 aliphatic heterocycles. The smallest absolute Gasteiger partial charge is 0.133 e. The Labute approximate surface area is 140 Å². The van der Waals surface area contributed by atoms with Gasteiger partial charge in [0.15, 0.2) is 0 Å². The summed E-state index contributed by atoms with van der Waals surface area (Å²) in [6.07, 6.45) is 10.3. The number of hydrogen-bond donors (Lipinski definition) is 0. The first-order valence-electron chi connectivity index (χ1n) is 9.88. The molecule has 4 saturated carbocycles. The van der Waals surface area contributed by atoms with Crippen LogP contribution in [0.5, 0.6) is 0 Å². The fraction of sp³-hybridized carbons (Fsp3) is 0.905. The molecule has 4 fully saturated rings. The van der Waals surface area contributed by atoms with E-state index in [1.165, 1.54) is 32.1 Å². The summed E-state index contributed by atoms with van der Waals surface area (Å²) in [6.45, 7) is 6.74. The lowest BCUT2D eigenvalue weighted by molar-refractivity contribution is -0.143. The average molecular weight is 316 g/mol. The highest BCUT2D eigenvalue weighted by atomic mass is 16.1. The molecule has 2 heteroatoms. The zero-order valence-electron chi connectivity index (χ0n) is 15.1. The van der Waals surface area contributed by atoms with Gasteiger partial charge in [-0.1, -0.05) is 13.8 Å². The summed E-state index contributed by atoms with van der Waals surface area (Å²) in [5.74, 6) is 4.25. The van der Waals surface area contributed by atoms with Crippen molar-refractivity contribution in [3.05, 3.63) is 0 Å². The Morgan fingerprint density at radius 2 is 1.70 bits per heavy atom. The summed E-state index contributed by atoms with van der Waals surface area (Å²) in [7, 11) is 0. The first kappa shape index (κ1) is 15.8. The molecule has 0 bridgehead atoms. The van der Waals surface area contributed by atoms with Crippen LogP contribution in [0.1, 0.15) is 78.6 Å². The summed E-state index contributed by atoms with van der Waals surface area (Å²) < 4.78 is 0. The molecule has 0 N–H and O–H groups in total. The number of carbonyl (C=O) groups excluding carboxylic acids is 2. The molecule has 0 radical (unpaired) electrons. The number of rotatable bonds is 1. The quantitative estimate of drug-likeness (QED) is 0.696. The maximum absolute atomic E-state index is 12.2. The van der Waals surface area contributed by atoms with Crippen LogP contribution in [0.4, 0.5) is 0 Å². The van der Waals surface area contributed by atoms with Crippen molar-refractivity contribution in [3.8, 4) is 0 Å². The second-order valence-corrected chi connectivity index (χ2v) is 9.68. The van der Waals surface area contributed by atoms with Gasteiger partial charge in [0.25, 0.3) is 0 Å². The van der Waals surface area contributed by atoms with Gasteiger partial charge in [-0.05, 0) is 86.4 Å². The molecule has 0 saturated heterocycles. The minimum absolute atomic E-state index is 0.265. The standard InChI is InChI=1S/C21H32O2/c1-13(22)17-6-7-18-16-5-4-14-12-15(23)8-10-20(14,2)19(16)9-11-21(17,18)3/h14,16-19H,4-12H2,1-3H3/t14-,16?,17-,18?,19?,20+,21-/m1/s1. The van der Waals surface area contributed by atoms with E-state index in [0.29, 0.717) is 28.8 Å². The molecule has 0 heterocycles. The van der Waals surface area contributed by atoms with Crippen LogP contribution in [0.25, 0.3) is 0 Å². The molecule has 0 amide bonds. The van der Waals surface area contributed by atoms with Gasteiger partial charge in [-0.25, -0.2) is 0 Å². The first-order chi connectivity index (χ1) is 10.9. The lowest BCUT2D eigenvalue weighted by atomic mass is 9.44. The molecule has 4 aliphatic carbocycles. The zero-order valence-corrected chi connectivity index (χ0v) is 15.1. The fourth-order valence-electron chi connectivity index (χ4n) is 7.71. The van der Waals surface area contributed by atoms with Crippen molar-refractivity contribution in [1.82, 2.24) is 0 Å². The van der Waals surface area contributed by atoms with Crippen LogP contribution in [0, 0.1) is 40.4 Å². The second-order valence-electron chi connectivity index (χ2n) is 9.68. The van der Waals surface area contributed by atoms with E-state index < -0.39 is 0 Å². The summed E-state index contributed by atoms with van der Waals surface area (Å²) in [5, 5.41) is 0. The molecular weight excluding hydrogens is 284 g/mol. The minimum Gasteiger partial charge on any atom is -0.300 e. The molecule has 0 spiro atoms. The van der Waals surface area contributed by atoms with Gasteiger partial charge in [-0.15, -0.1) is 0 Å². The third-order valence-electron chi connectivity index (χ3n) is 8.97. The summed E-state index contributed by atoms with van der Waals surface area (Å²) in [4.78, 5) is 24.1. The second kappa shape index (κ2) is 5.17. The molecule has 0 aromatic rings. The molecule has 128 valence electrons. The van der Waals surface area contributed by atoms with Crippen LogP contribution in [0.2, 0.25) is 0 Å². The maximum atomic E-state index is 12.2. The topological polar surface area (TPSA) is 34.1 Å². The first-order valence-corrected chi connectivity index (χ1v) is 9.88. The Kier molecular flexibility index (Phi) is 3.56. The third kappa shape index (κ3) is 2.12. The van der Waals surface area contributed by atoms with Crippen LogP contribution < -0.4 is 0 Å². The Hall–Kier alpha value is -0.660. The van der Waals surface area contributed by atoms with Crippen molar-refractivity contribution in [2.24, 2.45) is 40.4 Å². The predicted octanol–water partition coefficient (Wildman–Crippen LogP) is 4.80. The molecule has 2 nitrogen and oxygen atoms in total. The van der Waals surface area contributed by atoms with Gasteiger partial charge in [0.1, 0.15) is 11.6 Å². The maximum Gasteiger partial charge on any atom is 0.133 e. The zero-order chi connectivity index (χ0) is 16.4. The van der Waals surface area contributed by atoms with Gasteiger partial charge in [-0.2, -0.15) is 0 Å². The summed E-state index contributed by atoms with van der Waals surface area (Å²) in [6, 6.07) is 0. The summed E-state index contributed by atoms with van der Waals surface area (Å²) in [5.41, 5.74) is 0.660. The van der Waals surface area contributed by atoms with Gasteiger partial charge in [-0.3, -0.25) is 9.59 Å². The molecule has 7 atom stereocenters. The fourth-order valence-corrected chi connectivity index (χ4v) is 7.71. The Morgan fingerprint density at radius 3 is 2.43 bits per heavy atom. The number of fused-ring (bicyclic) bond motifs is 5. The van der Waals surface area contributed by atoms with E-state index in [1.807, 2.05) is 6.92 Å². The molecular formula is C21H32O2. The normalized spacial score (nSPS) is 52.5. The Morgan fingerprint density at radius 1 is 0.957 bits per heavy atom. The van der Waals surface area contributed by atoms with Gasteiger partial charge in [0, 0.05) is 18.8 Å². The van der Waals surface area contributed by atoms with Crippen molar-refractivity contribution in [2.45, 2.75) is 78.6 Å². The van der Waals surface area contributed by atoms with Gasteiger partial charge < -0.3 is 0 Å². The largest absolute Gasteiger partial charge is 0.300 e. The number of carbonyl (C=O) groups is 2. The van der Waals surface area contributed by atoms with Gasteiger partial charge >= 0.3 is 0 Å². The van der Waals surface area contributed by atoms with Crippen molar-refractivity contribution in [1.29, 1.82) is 0 Å². The Bertz CT molecular complexity index is 538. The predicted molar refractivity (Wildman–Crippen MR) is 90.9 cm³/mol. The van der Waals surface area contributed by atoms with Gasteiger partial charge in [0.05, 0.1) is 0 Å². The highest BCUT2D eigenvalue weighted by Crippen LogP contribution is 2.67. The SMILES string of the molecule is CC(=O)[C@H]1CCC2C3CC[C@@H]4CC(=O)CC[C@]4(C)C3CC[C@@]21C. The van der Waals surface area contributed by atoms with Crippen LogP contribution >= 0.6 is 0 Å². The van der Waals surface area contributed by atoms with Crippen LogP contribution in [0.15, 0.2) is 0 Å². The lowest BCUT2D eigenvalue weighted by Crippen LogP contribution is -2.53. The molecule has 4 rings (SSSR count). The molecule has 3 unspecified atom stereocenters. The number of ketones is 2. The van der Waals surface area contributed by atoms with Crippen LogP contribution in [-0.2, 0) is 9.59 Å². The number of Topliss-reactive ketones (excluding diaryl/α,β-unsaturated/α-hetero) is 2. The Balaban J connectivity index is 1.63. The molecule has 0 aromatic carbocycles. The molecule has 23 heavy (non-hydrogen) atoms. The van der Waals surface area contributed by atoms with E-state index >= 15 is 0 Å². The van der Waals surface area contributed by atoms with E-state index in [4.69, 9.17) is 0 Å². The van der Waals surface area contributed by atoms with Crippen molar-refractivity contribution >= 4 is 11.6 Å². The van der Waals surface area contributed by atoms with E-state index in [-0.39, 0.29) is 5.41 Å². The summed E-state index contributed by atoms with van der Waals surface area (Å²) >= 11 is 0. The molecule has 4 aliphatic rings. The van der Waals surface area contributed by atoms with Gasteiger partial charge in [0.2, 0.25) is 0 Å². The molecule has 0 aromatic heterocycles. The monoisotopic (exact) mass is 316 g/mol. The van der Waals surface area contributed by atoms with Crippen molar-refractivity contribution in [2.75, 3.05) is 0 Å². The van der Waals surface area contributed by atoms with E-state index in [0.717, 1.165) is 43.4 Å². The van der Waals surface area contributed by atoms with E-state index in [1.54, 1.807) is 0 Å². The highest BCUT2D eigenvalue weighted by molar-refractivity contribution is 5.80. The highest BCUT2D eigenvalue weighted by Gasteiger charge is 2.60. The number of hydrogen-bond acceptors (Lipinski definition) is 2. The van der Waals surface area contributed by atoms with E-state index in [2.05, 4.69) is 13.8 Å². The van der Waals surface area contributed by atoms with Crippen LogP contribution in [0.3, 0.4) is 0 Å². The van der Waals surface area contributed by atoms with Crippen LogP contribution in [-0.4, -0.2) is 11.6 Å². The lowest BCUT2D eigenvalue weighted by Gasteiger charge is -2.60. The van der Waals surface area contributed by atoms with E-state index in [9.17, 15) is 9.59 Å². The minimum atomic E-state index is 0.265. The average Bonchev–Trinajstić information content (AvgIpc) is 2.85. The third-order valence-corrected chi connectivity index (χ3v) is 8.97. The van der Waals surface area contributed by atoms with Crippen molar-refractivity contribution < 1.29 is 9.59 Å². The van der Waals surface area contributed by atoms with Crippen molar-refractivity contribution in [3.63, 3.8) is 0 Å².